The zero-order valence-electron chi connectivity index (χ0n) is 33.9. The maximum atomic E-state index is 13.1. The second-order valence-corrected chi connectivity index (χ2v) is 11.2. The summed E-state index contributed by atoms with van der Waals surface area (Å²) in [6.45, 7) is 5.46. The summed E-state index contributed by atoms with van der Waals surface area (Å²) in [7, 11) is 1.00. The van der Waals surface area contributed by atoms with Gasteiger partial charge in [-0.2, -0.15) is 123 Å². The number of ether oxygens (including phenoxy) is 4. The highest BCUT2D eigenvalue weighted by atomic mass is 19.4. The highest BCUT2D eigenvalue weighted by molar-refractivity contribution is 4.99. The van der Waals surface area contributed by atoms with Crippen LogP contribution in [-0.4, -0.2) is 106 Å². The zero-order chi connectivity index (χ0) is 59.0. The van der Waals surface area contributed by atoms with Gasteiger partial charge in [0.2, 0.25) is 0 Å². The third kappa shape index (κ3) is 23.7. The van der Waals surface area contributed by atoms with Crippen LogP contribution in [0.1, 0.15) is 33.1 Å². The summed E-state index contributed by atoms with van der Waals surface area (Å²) in [5, 5.41) is 0. The van der Waals surface area contributed by atoms with E-state index >= 15 is 0 Å². The Morgan fingerprint density at radius 1 is 0.371 bits per heavy atom. The largest absolute Gasteiger partial charge is 0.431 e. The molecule has 0 fully saturated rings. The predicted octanol–water partition coefficient (Wildman–Crippen LogP) is 16.8. The van der Waals surface area contributed by atoms with Crippen LogP contribution in [0.4, 0.5) is 158 Å². The molecule has 0 aromatic heterocycles. The summed E-state index contributed by atoms with van der Waals surface area (Å²) < 4.78 is 442. The Labute approximate surface area is 366 Å². The molecular formula is C30H28F36O4. The van der Waals surface area contributed by atoms with Crippen molar-refractivity contribution in [2.24, 2.45) is 0 Å². The van der Waals surface area contributed by atoms with E-state index in [1.807, 2.05) is 26.3 Å². The van der Waals surface area contributed by atoms with Crippen molar-refractivity contribution in [3.8, 4) is 0 Å². The van der Waals surface area contributed by atoms with E-state index in [4.69, 9.17) is 0 Å². The fourth-order valence-electron chi connectivity index (χ4n) is 2.47. The molecule has 0 bridgehead atoms. The first kappa shape index (κ1) is 77.7. The lowest BCUT2D eigenvalue weighted by molar-refractivity contribution is -0.451. The molecule has 4 nitrogen and oxygen atoms in total. The number of hydrogen-bond acceptors (Lipinski definition) is 4. The van der Waals surface area contributed by atoms with Crippen molar-refractivity contribution in [2.45, 2.75) is 118 Å². The Morgan fingerprint density at radius 3 is 0.843 bits per heavy atom. The molecule has 1 atom stereocenters. The molecule has 0 saturated heterocycles. The van der Waals surface area contributed by atoms with Crippen LogP contribution in [0.5, 0.6) is 0 Å². The lowest BCUT2D eigenvalue weighted by Gasteiger charge is -2.34. The molecule has 424 valence electrons. The molecule has 0 amide bonds. The van der Waals surface area contributed by atoms with Crippen molar-refractivity contribution < 1.29 is 177 Å². The molecule has 0 aliphatic rings. The highest BCUT2D eigenvalue weighted by Gasteiger charge is 2.75. The van der Waals surface area contributed by atoms with Gasteiger partial charge in [0.05, 0.1) is 14.4 Å². The molecule has 0 heterocycles. The van der Waals surface area contributed by atoms with Crippen LogP contribution in [0.25, 0.3) is 0 Å². The van der Waals surface area contributed by atoms with E-state index in [1.54, 1.807) is 0 Å². The maximum Gasteiger partial charge on any atom is 0.431 e. The van der Waals surface area contributed by atoms with Crippen molar-refractivity contribution >= 4 is 0 Å². The first-order chi connectivity index (χ1) is 30.2. The quantitative estimate of drug-likeness (QED) is 0.114. The summed E-state index contributed by atoms with van der Waals surface area (Å²) in [6.07, 6.45) is -63.0. The van der Waals surface area contributed by atoms with Crippen LogP contribution >= 0.6 is 0 Å². The molecule has 0 rings (SSSR count). The minimum absolute atomic E-state index is 0.340. The molecule has 0 aromatic rings. The summed E-state index contributed by atoms with van der Waals surface area (Å²) >= 11 is 0. The fraction of sp³-hybridized carbons (Fsp3) is 0.733. The van der Waals surface area contributed by atoms with E-state index in [1.165, 1.54) is 0 Å². The van der Waals surface area contributed by atoms with Gasteiger partial charge in [0, 0.05) is 6.42 Å². The molecule has 40 heteroatoms. The average Bonchev–Trinajstić information content (AvgIpc) is 3.13. The van der Waals surface area contributed by atoms with Crippen molar-refractivity contribution in [2.75, 3.05) is 21.0 Å². The van der Waals surface area contributed by atoms with Gasteiger partial charge >= 0.3 is 79.0 Å². The van der Waals surface area contributed by atoms with E-state index in [9.17, 15) is 158 Å². The van der Waals surface area contributed by atoms with Gasteiger partial charge in [0.1, 0.15) is 6.42 Å². The van der Waals surface area contributed by atoms with Gasteiger partial charge in [-0.3, -0.25) is 8.78 Å². The second-order valence-electron chi connectivity index (χ2n) is 11.2. The lowest BCUT2D eigenvalue weighted by atomic mass is 10.0. The van der Waals surface area contributed by atoms with Gasteiger partial charge in [0.25, 0.3) is 5.67 Å². The van der Waals surface area contributed by atoms with E-state index in [-0.39, 0.29) is 0 Å². The van der Waals surface area contributed by atoms with Gasteiger partial charge in [-0.1, -0.05) is 40.2 Å². The monoisotopic (exact) mass is 1140 g/mol. The lowest BCUT2D eigenvalue weighted by Crippen LogP contribution is -2.58. The van der Waals surface area contributed by atoms with Gasteiger partial charge in [-0.25, -0.2) is 45.3 Å². The van der Waals surface area contributed by atoms with Crippen LogP contribution in [0.15, 0.2) is 49.6 Å². The normalized spacial score (nSPS) is 14.5. The van der Waals surface area contributed by atoms with Crippen LogP contribution in [0.3, 0.4) is 0 Å². The average molecular weight is 1140 g/mol. The molecule has 0 radical (unpaired) electrons. The maximum absolute atomic E-state index is 13.1. The fourth-order valence-corrected chi connectivity index (χ4v) is 2.47. The minimum Gasteiger partial charge on any atom is -0.255 e. The third-order valence-electron chi connectivity index (χ3n) is 5.98. The predicted molar refractivity (Wildman–Crippen MR) is 161 cm³/mol. The van der Waals surface area contributed by atoms with Crippen LogP contribution in [0.2, 0.25) is 0 Å². The van der Waals surface area contributed by atoms with Crippen molar-refractivity contribution in [3.63, 3.8) is 0 Å². The molecule has 0 N–H and O–H groups in total. The summed E-state index contributed by atoms with van der Waals surface area (Å²) in [6, 6.07) is 0. The molecule has 1 unspecified atom stereocenters. The Bertz CT molecular complexity index is 1600. The highest BCUT2D eigenvalue weighted by Crippen LogP contribution is 2.52. The second kappa shape index (κ2) is 26.8. The molecule has 0 aliphatic carbocycles. The Kier molecular flexibility index (Phi) is 29.8. The van der Waals surface area contributed by atoms with Gasteiger partial charge in [-0.15, -0.1) is 0 Å². The van der Waals surface area contributed by atoms with E-state index in [0.717, 1.165) is 0 Å². The third-order valence-corrected chi connectivity index (χ3v) is 5.98. The Hall–Kier alpha value is -3.72. The standard InChI is InChI=1S/2C8H7F9O.2C6H4F8O.2CH3F/c1-3-5(10,11)7(14,15)8(16,17)18-6(12,13)4(2)9;1-3-5(10,7(13,14)15)8(16,17)18-6(11,12)4(2)9;1-3(8)5(11,12)15-6(13,14)4(9,10)2-7;1-3(7)6(13,14)15-5(11,12)2-4(8,9)10;2*1-2/h2*2-3H2,1H3;2*1-2H2;2*1H3. The van der Waals surface area contributed by atoms with Gasteiger partial charge < -0.3 is 0 Å². The number of hydrogen-bond donors (Lipinski definition) is 0. The molecule has 0 aromatic carbocycles. The van der Waals surface area contributed by atoms with Gasteiger partial charge in [0.15, 0.2) is 30.0 Å². The smallest absolute Gasteiger partial charge is 0.255 e. The minimum atomic E-state index is -6.29. The number of halogens is 36. The number of alkyl halides is 32. The molecular weight excluding hydrogens is 1110 g/mol. The van der Waals surface area contributed by atoms with Crippen molar-refractivity contribution in [3.05, 3.63) is 49.6 Å². The molecule has 0 spiro atoms. The van der Waals surface area contributed by atoms with Crippen LogP contribution in [-0.2, 0) is 18.9 Å². The van der Waals surface area contributed by atoms with Crippen molar-refractivity contribution in [1.82, 2.24) is 0 Å². The Morgan fingerprint density at radius 2 is 0.629 bits per heavy atom. The van der Waals surface area contributed by atoms with E-state index < -0.39 is 134 Å². The van der Waals surface area contributed by atoms with Crippen molar-refractivity contribution in [1.29, 1.82) is 0 Å². The first-order valence-electron chi connectivity index (χ1n) is 15.7. The first-order valence-corrected chi connectivity index (χ1v) is 15.7. The zero-order valence-corrected chi connectivity index (χ0v) is 33.9. The SMILES string of the molecule is C=C(F)C(F)(F)OC(F)(F)C(F)(CC)C(F)(F)F.C=C(F)C(F)(F)OC(F)(F)C(F)(F)C(F)(F)CC.C=C(F)C(F)(F)OC(F)(F)C(F)(F)CF.C=C(F)C(F)(F)OC(F)(F)CC(F)(F)F.CF.CF. The van der Waals surface area contributed by atoms with Gasteiger partial charge in [-0.05, 0) is 6.42 Å². The van der Waals surface area contributed by atoms with E-state index in [0.29, 0.717) is 28.2 Å². The summed E-state index contributed by atoms with van der Waals surface area (Å²) in [4.78, 5) is 0. The van der Waals surface area contributed by atoms with Crippen LogP contribution in [0, 0.1) is 0 Å². The summed E-state index contributed by atoms with van der Waals surface area (Å²) in [5.74, 6) is -27.9. The van der Waals surface area contributed by atoms with E-state index in [2.05, 4.69) is 18.9 Å². The Balaban J connectivity index is -0.000000191. The molecule has 70 heavy (non-hydrogen) atoms. The summed E-state index contributed by atoms with van der Waals surface area (Å²) in [5.41, 5.74) is -5.38. The molecule has 0 aliphatic heterocycles. The molecule has 0 saturated carbocycles. The number of rotatable bonds is 20. The topological polar surface area (TPSA) is 36.9 Å². The van der Waals surface area contributed by atoms with Crippen LogP contribution < -0.4 is 0 Å².